The van der Waals surface area contributed by atoms with Gasteiger partial charge in [0.1, 0.15) is 0 Å². The molecule has 1 aliphatic rings. The van der Waals surface area contributed by atoms with Gasteiger partial charge in [-0.15, -0.1) is 11.3 Å². The van der Waals surface area contributed by atoms with Crippen LogP contribution in [-0.4, -0.2) is 0 Å². The molecule has 0 radical (unpaired) electrons. The summed E-state index contributed by atoms with van der Waals surface area (Å²) in [4.78, 5) is 1.47. The largest absolute Gasteiger partial charge is 0.303 e. The smallest absolute Gasteiger partial charge is 0.0934 e. The van der Waals surface area contributed by atoms with E-state index < -0.39 is 0 Å². The number of fused-ring (bicyclic) bond motifs is 1. The topological polar surface area (TPSA) is 12.0 Å². The number of benzene rings is 1. The van der Waals surface area contributed by atoms with Gasteiger partial charge in [0.25, 0.3) is 0 Å². The fourth-order valence-corrected chi connectivity index (χ4v) is 4.33. The zero-order valence-corrected chi connectivity index (χ0v) is 13.5. The van der Waals surface area contributed by atoms with Gasteiger partial charge >= 0.3 is 0 Å². The second-order valence-electron chi connectivity index (χ2n) is 5.67. The van der Waals surface area contributed by atoms with E-state index in [0.717, 1.165) is 4.34 Å². The van der Waals surface area contributed by atoms with Crippen LogP contribution in [0, 0.1) is 6.92 Å². The van der Waals surface area contributed by atoms with Crippen LogP contribution in [0.1, 0.15) is 53.4 Å². The molecular formula is C17H20ClNS. The van der Waals surface area contributed by atoms with E-state index in [0.29, 0.717) is 12.1 Å². The zero-order valence-electron chi connectivity index (χ0n) is 11.9. The van der Waals surface area contributed by atoms with Crippen molar-refractivity contribution in [3.05, 3.63) is 56.2 Å². The molecule has 0 spiro atoms. The Morgan fingerprint density at radius 2 is 2.05 bits per heavy atom. The van der Waals surface area contributed by atoms with Crippen LogP contribution in [-0.2, 0) is 6.42 Å². The summed E-state index contributed by atoms with van der Waals surface area (Å²) in [6.07, 6.45) is 3.64. The Bertz CT molecular complexity index is 588. The molecule has 1 unspecified atom stereocenters. The standard InChI is InChI=1S/C17H20ClNS/c1-11-6-8-13(9-7-11)12(2)19-15-4-3-5-16-14(15)10-17(18)20-16/h6-10,12,15,19H,3-5H2,1-2H3/t12-,15?/m1/s1. The second kappa shape index (κ2) is 5.88. The highest BCUT2D eigenvalue weighted by Gasteiger charge is 2.24. The Balaban J connectivity index is 1.76. The Labute approximate surface area is 130 Å². The summed E-state index contributed by atoms with van der Waals surface area (Å²) in [7, 11) is 0. The number of nitrogens with one attached hydrogen (secondary N) is 1. The van der Waals surface area contributed by atoms with Crippen molar-refractivity contribution in [3.63, 3.8) is 0 Å². The fourth-order valence-electron chi connectivity index (χ4n) is 2.95. The van der Waals surface area contributed by atoms with Crippen LogP contribution in [0.25, 0.3) is 0 Å². The summed E-state index contributed by atoms with van der Waals surface area (Å²) in [6.45, 7) is 4.37. The molecule has 1 N–H and O–H groups in total. The number of hydrogen-bond donors (Lipinski definition) is 1. The van der Waals surface area contributed by atoms with Gasteiger partial charge in [0, 0.05) is 17.0 Å². The number of halogens is 1. The number of aryl methyl sites for hydroxylation is 2. The molecule has 0 aliphatic heterocycles. The lowest BCUT2D eigenvalue weighted by Gasteiger charge is -2.27. The maximum Gasteiger partial charge on any atom is 0.0934 e. The summed E-state index contributed by atoms with van der Waals surface area (Å²) in [6, 6.07) is 11.8. The van der Waals surface area contributed by atoms with E-state index in [4.69, 9.17) is 11.6 Å². The average molecular weight is 306 g/mol. The first kappa shape index (κ1) is 14.1. The minimum absolute atomic E-state index is 0.366. The Morgan fingerprint density at radius 1 is 1.30 bits per heavy atom. The summed E-state index contributed by atoms with van der Waals surface area (Å²) in [5.41, 5.74) is 4.08. The number of rotatable bonds is 3. The average Bonchev–Trinajstić information content (AvgIpc) is 2.81. The van der Waals surface area contributed by atoms with Crippen molar-refractivity contribution in [3.8, 4) is 0 Å². The molecule has 2 aromatic rings. The van der Waals surface area contributed by atoms with Gasteiger partial charge < -0.3 is 5.32 Å². The summed E-state index contributed by atoms with van der Waals surface area (Å²) < 4.78 is 0.923. The summed E-state index contributed by atoms with van der Waals surface area (Å²) in [5, 5.41) is 3.77. The SMILES string of the molecule is Cc1ccc([C@@H](C)NC2CCCc3sc(Cl)cc32)cc1. The van der Waals surface area contributed by atoms with Gasteiger partial charge in [-0.2, -0.15) is 0 Å². The normalized spacial score (nSPS) is 19.6. The van der Waals surface area contributed by atoms with Crippen molar-refractivity contribution in [2.75, 3.05) is 0 Å². The second-order valence-corrected chi connectivity index (χ2v) is 7.44. The van der Waals surface area contributed by atoms with Gasteiger partial charge in [-0.3, -0.25) is 0 Å². The lowest BCUT2D eigenvalue weighted by atomic mass is 9.93. The first-order chi connectivity index (χ1) is 9.63. The van der Waals surface area contributed by atoms with Crippen molar-refractivity contribution < 1.29 is 0 Å². The molecule has 3 heteroatoms. The molecule has 3 rings (SSSR count). The molecule has 0 fully saturated rings. The molecule has 2 atom stereocenters. The lowest BCUT2D eigenvalue weighted by molar-refractivity contribution is 0.418. The van der Waals surface area contributed by atoms with Gasteiger partial charge in [0.15, 0.2) is 0 Å². The van der Waals surface area contributed by atoms with Crippen molar-refractivity contribution in [2.45, 2.75) is 45.2 Å². The Kier molecular flexibility index (Phi) is 4.16. The van der Waals surface area contributed by atoms with Crippen LogP contribution in [0.15, 0.2) is 30.3 Å². The molecule has 1 aromatic carbocycles. The van der Waals surface area contributed by atoms with E-state index in [1.807, 2.05) is 0 Å². The summed E-state index contributed by atoms with van der Waals surface area (Å²) >= 11 is 7.92. The molecule has 0 saturated carbocycles. The highest BCUT2D eigenvalue weighted by molar-refractivity contribution is 7.16. The number of hydrogen-bond acceptors (Lipinski definition) is 2. The fraction of sp³-hybridized carbons (Fsp3) is 0.412. The molecule has 1 heterocycles. The third kappa shape index (κ3) is 2.93. The van der Waals surface area contributed by atoms with E-state index >= 15 is 0 Å². The van der Waals surface area contributed by atoms with Crippen LogP contribution in [0.3, 0.4) is 0 Å². The minimum atomic E-state index is 0.366. The van der Waals surface area contributed by atoms with Gasteiger partial charge in [-0.1, -0.05) is 41.4 Å². The quantitative estimate of drug-likeness (QED) is 0.796. The van der Waals surface area contributed by atoms with E-state index in [-0.39, 0.29) is 0 Å². The maximum absolute atomic E-state index is 6.18. The van der Waals surface area contributed by atoms with Crippen LogP contribution >= 0.6 is 22.9 Å². The van der Waals surface area contributed by atoms with Crippen LogP contribution < -0.4 is 5.32 Å². The predicted molar refractivity (Wildman–Crippen MR) is 87.7 cm³/mol. The van der Waals surface area contributed by atoms with Crippen molar-refractivity contribution >= 4 is 22.9 Å². The molecular weight excluding hydrogens is 286 g/mol. The van der Waals surface area contributed by atoms with E-state index in [9.17, 15) is 0 Å². The van der Waals surface area contributed by atoms with Crippen molar-refractivity contribution in [1.29, 1.82) is 0 Å². The summed E-state index contributed by atoms with van der Waals surface area (Å²) in [5.74, 6) is 0. The molecule has 0 saturated heterocycles. The predicted octanol–water partition coefficient (Wildman–Crippen LogP) is 5.44. The highest BCUT2D eigenvalue weighted by atomic mass is 35.5. The van der Waals surface area contributed by atoms with Crippen molar-refractivity contribution in [2.24, 2.45) is 0 Å². The molecule has 1 aromatic heterocycles. The van der Waals surface area contributed by atoms with Crippen LogP contribution in [0.4, 0.5) is 0 Å². The number of thiophene rings is 1. The first-order valence-corrected chi connectivity index (χ1v) is 8.43. The third-order valence-corrected chi connectivity index (χ3v) is 5.45. The van der Waals surface area contributed by atoms with E-state index in [1.165, 1.54) is 40.8 Å². The Morgan fingerprint density at radius 3 is 2.80 bits per heavy atom. The monoisotopic (exact) mass is 305 g/mol. The van der Waals surface area contributed by atoms with Crippen molar-refractivity contribution in [1.82, 2.24) is 5.32 Å². The molecule has 106 valence electrons. The Hall–Kier alpha value is -0.830. The van der Waals surface area contributed by atoms with Gasteiger partial charge in [-0.25, -0.2) is 0 Å². The zero-order chi connectivity index (χ0) is 14.1. The molecule has 1 aliphatic carbocycles. The van der Waals surface area contributed by atoms with E-state index in [1.54, 1.807) is 11.3 Å². The van der Waals surface area contributed by atoms with Crippen LogP contribution in [0.5, 0.6) is 0 Å². The van der Waals surface area contributed by atoms with Gasteiger partial charge in [0.05, 0.1) is 4.34 Å². The van der Waals surface area contributed by atoms with Gasteiger partial charge in [0.2, 0.25) is 0 Å². The van der Waals surface area contributed by atoms with Gasteiger partial charge in [-0.05, 0) is 50.3 Å². The highest BCUT2D eigenvalue weighted by Crippen LogP contribution is 2.38. The van der Waals surface area contributed by atoms with Crippen LogP contribution in [0.2, 0.25) is 4.34 Å². The molecule has 20 heavy (non-hydrogen) atoms. The molecule has 1 nitrogen and oxygen atoms in total. The maximum atomic E-state index is 6.18. The third-order valence-electron chi connectivity index (χ3n) is 4.11. The molecule has 0 bridgehead atoms. The van der Waals surface area contributed by atoms with E-state index in [2.05, 4.69) is 49.5 Å². The first-order valence-electron chi connectivity index (χ1n) is 7.24. The molecule has 0 amide bonds. The lowest BCUT2D eigenvalue weighted by Crippen LogP contribution is -2.27. The minimum Gasteiger partial charge on any atom is -0.303 e.